The molecule has 114 valence electrons. The SMILES string of the molecule is CCN1C(=O)N(C)C(=O)C12CCN([C@@H](C)COC)CC2. The van der Waals surface area contributed by atoms with Gasteiger partial charge in [0.05, 0.1) is 6.61 Å². The molecule has 2 fully saturated rings. The molecule has 2 aliphatic rings. The van der Waals surface area contributed by atoms with Gasteiger partial charge >= 0.3 is 6.03 Å². The minimum absolute atomic E-state index is 0.0385. The van der Waals surface area contributed by atoms with Gasteiger partial charge in [-0.2, -0.15) is 0 Å². The first-order valence-corrected chi connectivity index (χ1v) is 7.30. The van der Waals surface area contributed by atoms with Crippen LogP contribution in [0, 0.1) is 0 Å². The van der Waals surface area contributed by atoms with Crippen molar-refractivity contribution >= 4 is 11.9 Å². The van der Waals surface area contributed by atoms with Crippen molar-refractivity contribution < 1.29 is 14.3 Å². The maximum atomic E-state index is 12.5. The normalized spacial score (nSPS) is 24.8. The van der Waals surface area contributed by atoms with Gasteiger partial charge in [-0.15, -0.1) is 0 Å². The van der Waals surface area contributed by atoms with Gasteiger partial charge in [0.2, 0.25) is 0 Å². The van der Waals surface area contributed by atoms with Crippen LogP contribution in [-0.2, 0) is 9.53 Å². The first-order chi connectivity index (χ1) is 9.47. The highest BCUT2D eigenvalue weighted by atomic mass is 16.5. The highest BCUT2D eigenvalue weighted by molar-refractivity contribution is 6.06. The molecular formula is C14H25N3O3. The van der Waals surface area contributed by atoms with E-state index in [9.17, 15) is 9.59 Å². The number of likely N-dealkylation sites (N-methyl/N-ethyl adjacent to an activating group) is 2. The van der Waals surface area contributed by atoms with Crippen LogP contribution in [0.15, 0.2) is 0 Å². The maximum Gasteiger partial charge on any atom is 0.327 e. The van der Waals surface area contributed by atoms with E-state index >= 15 is 0 Å². The Bertz CT molecular complexity index is 391. The van der Waals surface area contributed by atoms with E-state index in [0.29, 0.717) is 32.0 Å². The summed E-state index contributed by atoms with van der Waals surface area (Å²) in [5, 5.41) is 0. The number of hydrogen-bond donors (Lipinski definition) is 0. The van der Waals surface area contributed by atoms with Gasteiger partial charge in [0.1, 0.15) is 5.54 Å². The third-order valence-corrected chi connectivity index (χ3v) is 4.71. The fraction of sp³-hybridized carbons (Fsp3) is 0.857. The molecule has 0 aromatic heterocycles. The molecule has 2 rings (SSSR count). The van der Waals surface area contributed by atoms with Crippen LogP contribution >= 0.6 is 0 Å². The van der Waals surface area contributed by atoms with E-state index in [1.165, 1.54) is 4.90 Å². The summed E-state index contributed by atoms with van der Waals surface area (Å²) in [5.74, 6) is -0.0385. The number of imide groups is 1. The summed E-state index contributed by atoms with van der Waals surface area (Å²) >= 11 is 0. The average molecular weight is 283 g/mol. The quantitative estimate of drug-likeness (QED) is 0.715. The molecular weight excluding hydrogens is 258 g/mol. The monoisotopic (exact) mass is 283 g/mol. The van der Waals surface area contributed by atoms with Crippen LogP contribution in [0.4, 0.5) is 4.79 Å². The van der Waals surface area contributed by atoms with Gasteiger partial charge in [-0.25, -0.2) is 4.79 Å². The van der Waals surface area contributed by atoms with E-state index in [-0.39, 0.29) is 11.9 Å². The first kappa shape index (κ1) is 15.3. The molecule has 1 atom stereocenters. The molecule has 1 spiro atoms. The average Bonchev–Trinajstić information content (AvgIpc) is 2.62. The summed E-state index contributed by atoms with van der Waals surface area (Å²) in [6.07, 6.45) is 1.42. The molecule has 0 saturated carbocycles. The number of urea groups is 1. The van der Waals surface area contributed by atoms with Crippen molar-refractivity contribution in [1.29, 1.82) is 0 Å². The summed E-state index contributed by atoms with van der Waals surface area (Å²) in [4.78, 5) is 30.0. The van der Waals surface area contributed by atoms with Crippen molar-refractivity contribution in [1.82, 2.24) is 14.7 Å². The minimum Gasteiger partial charge on any atom is -0.383 e. The number of amides is 3. The van der Waals surface area contributed by atoms with Gasteiger partial charge in [0.25, 0.3) is 5.91 Å². The van der Waals surface area contributed by atoms with Crippen molar-refractivity contribution in [3.63, 3.8) is 0 Å². The van der Waals surface area contributed by atoms with Crippen molar-refractivity contribution in [2.24, 2.45) is 0 Å². The van der Waals surface area contributed by atoms with Crippen LogP contribution in [0.25, 0.3) is 0 Å². The van der Waals surface area contributed by atoms with Gasteiger partial charge in [-0.05, 0) is 26.7 Å². The zero-order valence-corrected chi connectivity index (χ0v) is 12.9. The number of ether oxygens (including phenoxy) is 1. The molecule has 2 heterocycles. The van der Waals surface area contributed by atoms with Gasteiger partial charge < -0.3 is 9.64 Å². The fourth-order valence-electron chi connectivity index (χ4n) is 3.48. The lowest BCUT2D eigenvalue weighted by molar-refractivity contribution is -0.135. The molecule has 2 saturated heterocycles. The Hall–Kier alpha value is -1.14. The molecule has 0 radical (unpaired) electrons. The molecule has 0 N–H and O–H groups in total. The van der Waals surface area contributed by atoms with Gasteiger partial charge in [0, 0.05) is 39.8 Å². The summed E-state index contributed by atoms with van der Waals surface area (Å²) < 4.78 is 5.19. The lowest BCUT2D eigenvalue weighted by Gasteiger charge is -2.43. The lowest BCUT2D eigenvalue weighted by atomic mass is 9.85. The van der Waals surface area contributed by atoms with E-state index in [0.717, 1.165) is 13.1 Å². The Kier molecular flexibility index (Phi) is 4.34. The topological polar surface area (TPSA) is 53.1 Å². The smallest absolute Gasteiger partial charge is 0.327 e. The number of rotatable bonds is 4. The predicted octanol–water partition coefficient (Wildman–Crippen LogP) is 0.770. The predicted molar refractivity (Wildman–Crippen MR) is 75.4 cm³/mol. The number of likely N-dealkylation sites (tertiary alicyclic amines) is 1. The highest BCUT2D eigenvalue weighted by Crippen LogP contribution is 2.36. The van der Waals surface area contributed by atoms with E-state index in [4.69, 9.17) is 4.74 Å². The van der Waals surface area contributed by atoms with E-state index in [1.54, 1.807) is 19.1 Å². The summed E-state index contributed by atoms with van der Waals surface area (Å²) in [6, 6.07) is 0.188. The molecule has 20 heavy (non-hydrogen) atoms. The van der Waals surface area contributed by atoms with Crippen molar-refractivity contribution in [2.75, 3.05) is 40.4 Å². The number of carbonyl (C=O) groups is 2. The number of carbonyl (C=O) groups excluding carboxylic acids is 2. The number of piperidine rings is 1. The standard InChI is InChI=1S/C14H25N3O3/c1-5-17-13(19)15(3)12(18)14(17)6-8-16(9-7-14)11(2)10-20-4/h11H,5-10H2,1-4H3/t11-/m0/s1. The minimum atomic E-state index is -0.607. The van der Waals surface area contributed by atoms with Crippen LogP contribution in [0.3, 0.4) is 0 Å². The molecule has 0 aromatic rings. The summed E-state index contributed by atoms with van der Waals surface area (Å²) in [5.41, 5.74) is -0.607. The van der Waals surface area contributed by atoms with E-state index in [1.807, 2.05) is 6.92 Å². The third kappa shape index (κ3) is 2.20. The molecule has 3 amide bonds. The van der Waals surface area contributed by atoms with Crippen molar-refractivity contribution in [3.05, 3.63) is 0 Å². The zero-order chi connectivity index (χ0) is 14.9. The fourth-order valence-corrected chi connectivity index (χ4v) is 3.48. The van der Waals surface area contributed by atoms with Crippen molar-refractivity contribution in [2.45, 2.75) is 38.3 Å². The molecule has 0 aromatic carbocycles. The molecule has 6 nitrogen and oxygen atoms in total. The second-order valence-electron chi connectivity index (χ2n) is 5.76. The Morgan fingerprint density at radius 2 is 1.90 bits per heavy atom. The van der Waals surface area contributed by atoms with Crippen LogP contribution in [0.2, 0.25) is 0 Å². The van der Waals surface area contributed by atoms with Crippen molar-refractivity contribution in [3.8, 4) is 0 Å². The molecule has 0 bridgehead atoms. The van der Waals surface area contributed by atoms with Crippen LogP contribution < -0.4 is 0 Å². The number of methoxy groups -OCH3 is 1. The van der Waals surface area contributed by atoms with Gasteiger partial charge in [0.15, 0.2) is 0 Å². The number of nitrogens with zero attached hydrogens (tertiary/aromatic N) is 3. The molecule has 6 heteroatoms. The van der Waals surface area contributed by atoms with E-state index in [2.05, 4.69) is 11.8 Å². The van der Waals surface area contributed by atoms with Crippen LogP contribution in [0.5, 0.6) is 0 Å². The Morgan fingerprint density at radius 1 is 1.30 bits per heavy atom. The number of hydrogen-bond acceptors (Lipinski definition) is 4. The second-order valence-corrected chi connectivity index (χ2v) is 5.76. The zero-order valence-electron chi connectivity index (χ0n) is 12.9. The van der Waals surface area contributed by atoms with Gasteiger partial charge in [-0.3, -0.25) is 14.6 Å². The third-order valence-electron chi connectivity index (χ3n) is 4.71. The Morgan fingerprint density at radius 3 is 2.40 bits per heavy atom. The van der Waals surface area contributed by atoms with Crippen LogP contribution in [0.1, 0.15) is 26.7 Å². The lowest BCUT2D eigenvalue weighted by Crippen LogP contribution is -2.58. The summed E-state index contributed by atoms with van der Waals surface area (Å²) in [6.45, 7) is 7.00. The molecule has 0 unspecified atom stereocenters. The maximum absolute atomic E-state index is 12.5. The van der Waals surface area contributed by atoms with Crippen LogP contribution in [-0.4, -0.2) is 78.6 Å². The second kappa shape index (κ2) is 5.69. The largest absolute Gasteiger partial charge is 0.383 e. The Labute approximate surface area is 120 Å². The van der Waals surface area contributed by atoms with Gasteiger partial charge in [-0.1, -0.05) is 0 Å². The first-order valence-electron chi connectivity index (χ1n) is 7.30. The molecule has 2 aliphatic heterocycles. The summed E-state index contributed by atoms with van der Waals surface area (Å²) in [7, 11) is 3.29. The Balaban J connectivity index is 2.11. The molecule has 0 aliphatic carbocycles. The highest BCUT2D eigenvalue weighted by Gasteiger charge is 2.56. The van der Waals surface area contributed by atoms with E-state index < -0.39 is 5.54 Å².